The second kappa shape index (κ2) is 5.96. The molecule has 12 heavy (non-hydrogen) atoms. The second-order valence-electron chi connectivity index (χ2n) is 3.33. The van der Waals surface area contributed by atoms with E-state index < -0.39 is 11.1 Å². The standard InChI is InChI=1S/C6H18N4.2ClH/c1-5(9,3-7)6(2,10)4-8;;/h3-4,7-10H2,1-2H3;2*1H. The van der Waals surface area contributed by atoms with Gasteiger partial charge in [0, 0.05) is 0 Å². The quantitative estimate of drug-likeness (QED) is 0.378. The average molecular weight is 219 g/mol. The Morgan fingerprint density at radius 2 is 1.08 bits per heavy atom. The largest absolute Gasteiger partial charge is 1.00 e. The zero-order chi connectivity index (χ0) is 8.41. The van der Waals surface area contributed by atoms with E-state index in [9.17, 15) is 0 Å². The number of nitrogens with two attached hydrogens (primary N) is 2. The first-order chi connectivity index (χ1) is 4.37. The van der Waals surface area contributed by atoms with Gasteiger partial charge in [-0.3, -0.25) is 0 Å². The van der Waals surface area contributed by atoms with Gasteiger partial charge in [-0.1, -0.05) is 0 Å². The van der Waals surface area contributed by atoms with Gasteiger partial charge in [-0.05, 0) is 13.8 Å². The van der Waals surface area contributed by atoms with Crippen molar-refractivity contribution in [1.82, 2.24) is 0 Å². The maximum absolute atomic E-state index is 5.88. The molecular weight excluding hydrogens is 199 g/mol. The molecule has 0 rings (SSSR count). The molecule has 0 radical (unpaired) electrons. The molecule has 0 aromatic carbocycles. The maximum Gasteiger partial charge on any atom is 0.0940 e. The zero-order valence-electron chi connectivity index (χ0n) is 7.74. The van der Waals surface area contributed by atoms with Crippen LogP contribution in [0.25, 0.3) is 0 Å². The van der Waals surface area contributed by atoms with Crippen molar-refractivity contribution in [3.05, 3.63) is 0 Å². The Balaban J connectivity index is -0.000000405. The summed E-state index contributed by atoms with van der Waals surface area (Å²) in [6, 6.07) is 0. The van der Waals surface area contributed by atoms with Crippen LogP contribution in [-0.2, 0) is 0 Å². The van der Waals surface area contributed by atoms with E-state index in [0.717, 1.165) is 0 Å². The van der Waals surface area contributed by atoms with Crippen LogP contribution in [-0.4, -0.2) is 24.2 Å². The minimum absolute atomic E-state index is 0. The first-order valence-corrected chi connectivity index (χ1v) is 3.53. The van der Waals surface area contributed by atoms with Gasteiger partial charge in [0.1, 0.15) is 0 Å². The second-order valence-corrected chi connectivity index (χ2v) is 3.33. The zero-order valence-corrected chi connectivity index (χ0v) is 9.25. The van der Waals surface area contributed by atoms with Gasteiger partial charge in [0.05, 0.1) is 24.2 Å². The van der Waals surface area contributed by atoms with Gasteiger partial charge in [-0.2, -0.15) is 0 Å². The van der Waals surface area contributed by atoms with E-state index in [-0.39, 0.29) is 24.8 Å². The third-order valence-electron chi connectivity index (χ3n) is 2.34. The van der Waals surface area contributed by atoms with Crippen molar-refractivity contribution in [1.29, 1.82) is 0 Å². The topological polar surface area (TPSA) is 107 Å². The van der Waals surface area contributed by atoms with E-state index in [1.165, 1.54) is 0 Å². The van der Waals surface area contributed by atoms with E-state index >= 15 is 0 Å². The molecule has 0 amide bonds. The van der Waals surface area contributed by atoms with E-state index in [4.69, 9.17) is 11.5 Å². The predicted molar refractivity (Wildman–Crippen MR) is 40.7 cm³/mol. The Morgan fingerprint density at radius 1 is 0.917 bits per heavy atom. The third kappa shape index (κ3) is 3.89. The highest BCUT2D eigenvalue weighted by Gasteiger charge is 2.39. The number of hydrogen-bond donors (Lipinski definition) is 4. The van der Waals surface area contributed by atoms with Crippen LogP contribution in [0.3, 0.4) is 0 Å². The van der Waals surface area contributed by atoms with Gasteiger partial charge in [-0.15, -0.1) is 0 Å². The molecule has 78 valence electrons. The SMILES string of the molecule is CC(N)(C[NH3+])C(C)(N)C[NH3+].[Cl-].[Cl-]. The van der Waals surface area contributed by atoms with Crippen LogP contribution in [0, 0.1) is 0 Å². The van der Waals surface area contributed by atoms with E-state index in [1.807, 2.05) is 13.8 Å². The highest BCUT2D eigenvalue weighted by Crippen LogP contribution is 2.11. The number of halogens is 2. The van der Waals surface area contributed by atoms with Crippen LogP contribution in [0.15, 0.2) is 0 Å². The summed E-state index contributed by atoms with van der Waals surface area (Å²) in [5.41, 5.74) is 18.4. The average Bonchev–Trinajstić information content (AvgIpc) is 1.88. The fourth-order valence-corrected chi connectivity index (χ4v) is 0.571. The summed E-state index contributed by atoms with van der Waals surface area (Å²) in [7, 11) is 0. The van der Waals surface area contributed by atoms with Crippen molar-refractivity contribution >= 4 is 0 Å². The smallest absolute Gasteiger partial charge is 0.0940 e. The molecular formula is C6H20Cl2N4. The van der Waals surface area contributed by atoms with Gasteiger partial charge in [0.2, 0.25) is 0 Å². The third-order valence-corrected chi connectivity index (χ3v) is 2.34. The molecule has 2 unspecified atom stereocenters. The summed E-state index contributed by atoms with van der Waals surface area (Å²) < 4.78 is 0. The molecule has 0 aromatic heterocycles. The first-order valence-electron chi connectivity index (χ1n) is 3.53. The van der Waals surface area contributed by atoms with Gasteiger partial charge in [-0.25, -0.2) is 0 Å². The minimum atomic E-state index is -0.408. The van der Waals surface area contributed by atoms with E-state index in [0.29, 0.717) is 13.1 Å². The Hall–Kier alpha value is 0.420. The highest BCUT2D eigenvalue weighted by molar-refractivity contribution is 4.99. The Labute approximate surface area is 86.2 Å². The van der Waals surface area contributed by atoms with Crippen molar-refractivity contribution in [2.24, 2.45) is 11.5 Å². The molecule has 6 heteroatoms. The van der Waals surface area contributed by atoms with Crippen LogP contribution in [0.4, 0.5) is 0 Å². The van der Waals surface area contributed by atoms with Gasteiger partial charge >= 0.3 is 0 Å². The van der Waals surface area contributed by atoms with Gasteiger partial charge in [0.15, 0.2) is 0 Å². The molecule has 4 nitrogen and oxygen atoms in total. The Morgan fingerprint density at radius 3 is 1.17 bits per heavy atom. The highest BCUT2D eigenvalue weighted by atomic mass is 35.5. The molecule has 0 fully saturated rings. The number of hydrogen-bond acceptors (Lipinski definition) is 2. The lowest BCUT2D eigenvalue weighted by Crippen LogP contribution is -3.00. The molecule has 0 saturated heterocycles. The molecule has 10 N–H and O–H groups in total. The van der Waals surface area contributed by atoms with Crippen LogP contribution < -0.4 is 47.7 Å². The maximum atomic E-state index is 5.88. The Kier molecular flexibility index (Phi) is 9.07. The van der Waals surface area contributed by atoms with Crippen LogP contribution in [0.2, 0.25) is 0 Å². The summed E-state index contributed by atoms with van der Waals surface area (Å²) in [5, 5.41) is 0. The van der Waals surface area contributed by atoms with Crippen molar-refractivity contribution in [2.75, 3.05) is 13.1 Å². The van der Waals surface area contributed by atoms with Gasteiger partial charge in [0.25, 0.3) is 0 Å². The molecule has 0 saturated carbocycles. The molecule has 0 spiro atoms. The van der Waals surface area contributed by atoms with Crippen LogP contribution in [0.1, 0.15) is 13.8 Å². The summed E-state index contributed by atoms with van der Waals surface area (Å²) in [6.45, 7) is 5.08. The molecule has 0 aliphatic rings. The first kappa shape index (κ1) is 18.3. The summed E-state index contributed by atoms with van der Waals surface area (Å²) >= 11 is 0. The lowest BCUT2D eigenvalue weighted by atomic mass is 9.81. The predicted octanol–water partition coefficient (Wildman–Crippen LogP) is -9.09. The summed E-state index contributed by atoms with van der Waals surface area (Å²) in [6.07, 6.45) is 0. The lowest BCUT2D eigenvalue weighted by Gasteiger charge is -2.35. The van der Waals surface area contributed by atoms with Crippen molar-refractivity contribution < 1.29 is 36.3 Å². The molecule has 0 aliphatic carbocycles. The van der Waals surface area contributed by atoms with Crippen molar-refractivity contribution in [2.45, 2.75) is 24.9 Å². The number of rotatable bonds is 3. The van der Waals surface area contributed by atoms with E-state index in [1.54, 1.807) is 0 Å². The van der Waals surface area contributed by atoms with Crippen LogP contribution >= 0.6 is 0 Å². The normalized spacial score (nSPS) is 19.5. The molecule has 0 aliphatic heterocycles. The van der Waals surface area contributed by atoms with Gasteiger partial charge < -0.3 is 47.7 Å². The fourth-order valence-electron chi connectivity index (χ4n) is 0.571. The van der Waals surface area contributed by atoms with Crippen molar-refractivity contribution in [3.63, 3.8) is 0 Å². The molecule has 2 atom stereocenters. The fraction of sp³-hybridized carbons (Fsp3) is 1.00. The minimum Gasteiger partial charge on any atom is -1.00 e. The Bertz CT molecular complexity index is 102. The molecule has 0 heterocycles. The molecule has 0 bridgehead atoms. The van der Waals surface area contributed by atoms with Crippen LogP contribution in [0.5, 0.6) is 0 Å². The lowest BCUT2D eigenvalue weighted by molar-refractivity contribution is -0.407. The van der Waals surface area contributed by atoms with E-state index in [2.05, 4.69) is 11.5 Å². The summed E-state index contributed by atoms with van der Waals surface area (Å²) in [5.74, 6) is 0. The monoisotopic (exact) mass is 218 g/mol. The number of quaternary nitrogens is 2. The van der Waals surface area contributed by atoms with Crippen molar-refractivity contribution in [3.8, 4) is 0 Å². The molecule has 0 aromatic rings. The summed E-state index contributed by atoms with van der Waals surface area (Å²) in [4.78, 5) is 0.